The van der Waals surface area contributed by atoms with E-state index in [1.165, 1.54) is 9.79 Å². The van der Waals surface area contributed by atoms with Gasteiger partial charge in [-0.3, -0.25) is 0 Å². The number of para-hydroxylation sites is 1. The Hall–Kier alpha value is -1.49. The number of nitrogens with zero attached hydrogens (tertiary/aromatic N) is 3. The van der Waals surface area contributed by atoms with Gasteiger partial charge in [0.05, 0.1) is 46.0 Å². The molecule has 2 aliphatic heterocycles. The van der Waals surface area contributed by atoms with Crippen LogP contribution in [0.3, 0.4) is 0 Å². The average molecular weight is 359 g/mol. The van der Waals surface area contributed by atoms with E-state index in [1.54, 1.807) is 11.8 Å². The number of halogens is 1. The summed E-state index contributed by atoms with van der Waals surface area (Å²) >= 11 is 8.08. The standard InChI is InChI=1S/C19H21ClN3S/c1-23(2)11-9-22(10-12-23)19-15-13-14(20)7-8-17(15)24-18-6-4-3-5-16(18)21-19/h3-8,13H,9-12H2,1-2H3/q+1. The number of quaternary nitrogens is 1. The zero-order valence-electron chi connectivity index (χ0n) is 14.0. The molecular formula is C19H21ClN3S+. The van der Waals surface area contributed by atoms with Gasteiger partial charge in [0.1, 0.15) is 5.84 Å². The molecule has 124 valence electrons. The highest BCUT2D eigenvalue weighted by atomic mass is 35.5. The second-order valence-electron chi connectivity index (χ2n) is 7.02. The minimum absolute atomic E-state index is 0.765. The van der Waals surface area contributed by atoms with E-state index in [0.717, 1.165) is 52.8 Å². The molecule has 24 heavy (non-hydrogen) atoms. The van der Waals surface area contributed by atoms with Crippen LogP contribution in [0.15, 0.2) is 57.2 Å². The fraction of sp³-hybridized carbons (Fsp3) is 0.316. The second-order valence-corrected chi connectivity index (χ2v) is 8.54. The molecule has 0 aromatic heterocycles. The predicted octanol–water partition coefficient (Wildman–Crippen LogP) is 4.27. The molecular weight excluding hydrogens is 338 g/mol. The number of likely N-dealkylation sites (N-methyl/N-ethyl adjacent to an activating group) is 1. The molecule has 2 aromatic carbocycles. The third-order valence-electron chi connectivity index (χ3n) is 4.74. The molecule has 0 bridgehead atoms. The first-order valence-electron chi connectivity index (χ1n) is 8.24. The maximum Gasteiger partial charge on any atom is 0.138 e. The molecule has 1 fully saturated rings. The molecule has 2 aliphatic rings. The van der Waals surface area contributed by atoms with Crippen molar-refractivity contribution in [1.29, 1.82) is 0 Å². The van der Waals surface area contributed by atoms with Crippen molar-refractivity contribution in [3.05, 3.63) is 53.1 Å². The Morgan fingerprint density at radius 2 is 1.79 bits per heavy atom. The fourth-order valence-corrected chi connectivity index (χ4v) is 4.32. The second kappa shape index (κ2) is 6.10. The molecule has 4 rings (SSSR count). The van der Waals surface area contributed by atoms with Gasteiger partial charge in [-0.05, 0) is 30.3 Å². The minimum Gasteiger partial charge on any atom is -0.345 e. The normalized spacial score (nSPS) is 19.1. The maximum absolute atomic E-state index is 6.30. The Kier molecular flexibility index (Phi) is 4.07. The summed E-state index contributed by atoms with van der Waals surface area (Å²) in [6.45, 7) is 4.29. The van der Waals surface area contributed by atoms with Crippen molar-refractivity contribution in [2.45, 2.75) is 9.79 Å². The van der Waals surface area contributed by atoms with Gasteiger partial charge in [0.2, 0.25) is 0 Å². The first kappa shape index (κ1) is 16.0. The third-order valence-corrected chi connectivity index (χ3v) is 6.12. The van der Waals surface area contributed by atoms with E-state index < -0.39 is 0 Å². The van der Waals surface area contributed by atoms with E-state index in [4.69, 9.17) is 16.6 Å². The molecule has 0 unspecified atom stereocenters. The van der Waals surface area contributed by atoms with Gasteiger partial charge in [0.25, 0.3) is 0 Å². The van der Waals surface area contributed by atoms with Gasteiger partial charge in [0, 0.05) is 20.4 Å². The highest BCUT2D eigenvalue weighted by molar-refractivity contribution is 7.99. The largest absolute Gasteiger partial charge is 0.345 e. The quantitative estimate of drug-likeness (QED) is 0.653. The van der Waals surface area contributed by atoms with E-state index in [2.05, 4.69) is 55.4 Å². The zero-order valence-corrected chi connectivity index (χ0v) is 15.6. The van der Waals surface area contributed by atoms with Crippen LogP contribution in [-0.2, 0) is 0 Å². The summed E-state index contributed by atoms with van der Waals surface area (Å²) in [7, 11) is 4.59. The number of hydrogen-bond acceptors (Lipinski definition) is 3. The maximum atomic E-state index is 6.30. The van der Waals surface area contributed by atoms with E-state index in [-0.39, 0.29) is 0 Å². The number of rotatable bonds is 0. The number of aliphatic imine (C=N–C) groups is 1. The van der Waals surface area contributed by atoms with E-state index in [1.807, 2.05) is 6.07 Å². The Labute approximate surface area is 152 Å². The van der Waals surface area contributed by atoms with Crippen LogP contribution < -0.4 is 0 Å². The molecule has 0 amide bonds. The Bertz CT molecular complexity index is 806. The van der Waals surface area contributed by atoms with Crippen LogP contribution in [0.2, 0.25) is 5.02 Å². The van der Waals surface area contributed by atoms with Gasteiger partial charge in [-0.2, -0.15) is 0 Å². The van der Waals surface area contributed by atoms with Crippen molar-refractivity contribution in [1.82, 2.24) is 4.90 Å². The van der Waals surface area contributed by atoms with Crippen LogP contribution in [0, 0.1) is 0 Å². The van der Waals surface area contributed by atoms with Crippen LogP contribution >= 0.6 is 23.4 Å². The summed E-state index contributed by atoms with van der Waals surface area (Å²) in [4.78, 5) is 9.89. The van der Waals surface area contributed by atoms with Crippen molar-refractivity contribution < 1.29 is 4.48 Å². The summed E-state index contributed by atoms with van der Waals surface area (Å²) < 4.78 is 1.07. The van der Waals surface area contributed by atoms with Gasteiger partial charge in [-0.25, -0.2) is 4.99 Å². The lowest BCUT2D eigenvalue weighted by molar-refractivity contribution is -0.894. The molecule has 0 spiro atoms. The predicted molar refractivity (Wildman–Crippen MR) is 102 cm³/mol. The van der Waals surface area contributed by atoms with Crippen LogP contribution in [0.5, 0.6) is 0 Å². The Morgan fingerprint density at radius 1 is 1.04 bits per heavy atom. The molecule has 0 saturated carbocycles. The van der Waals surface area contributed by atoms with Crippen LogP contribution in [-0.4, -0.2) is 55.5 Å². The number of fused-ring (bicyclic) bond motifs is 2. The summed E-state index contributed by atoms with van der Waals surface area (Å²) in [5.74, 6) is 1.06. The van der Waals surface area contributed by atoms with Crippen molar-refractivity contribution in [3.63, 3.8) is 0 Å². The van der Waals surface area contributed by atoms with Gasteiger partial charge >= 0.3 is 0 Å². The summed E-state index contributed by atoms with van der Waals surface area (Å²) in [6, 6.07) is 14.5. The zero-order chi connectivity index (χ0) is 16.7. The van der Waals surface area contributed by atoms with Crippen molar-refractivity contribution >= 4 is 34.9 Å². The van der Waals surface area contributed by atoms with E-state index in [0.29, 0.717) is 0 Å². The first-order chi connectivity index (χ1) is 11.5. The fourth-order valence-electron chi connectivity index (χ4n) is 3.15. The van der Waals surface area contributed by atoms with Crippen molar-refractivity contribution in [3.8, 4) is 0 Å². The Morgan fingerprint density at radius 3 is 2.58 bits per heavy atom. The average Bonchev–Trinajstić information content (AvgIpc) is 2.71. The molecule has 2 aromatic rings. The lowest BCUT2D eigenvalue weighted by Gasteiger charge is -2.40. The minimum atomic E-state index is 0.765. The lowest BCUT2D eigenvalue weighted by atomic mass is 10.1. The van der Waals surface area contributed by atoms with Crippen LogP contribution in [0.1, 0.15) is 5.56 Å². The first-order valence-corrected chi connectivity index (χ1v) is 9.44. The number of hydrogen-bond donors (Lipinski definition) is 0. The topological polar surface area (TPSA) is 15.6 Å². The molecule has 0 aliphatic carbocycles. The van der Waals surface area contributed by atoms with Crippen molar-refractivity contribution in [2.24, 2.45) is 4.99 Å². The lowest BCUT2D eigenvalue weighted by Crippen LogP contribution is -2.56. The van der Waals surface area contributed by atoms with Gasteiger partial charge in [-0.15, -0.1) is 0 Å². The highest BCUT2D eigenvalue weighted by Crippen LogP contribution is 2.41. The SMILES string of the molecule is C[N+]1(C)CCN(C2=Nc3ccccc3Sc3ccc(Cl)cc32)CC1. The van der Waals surface area contributed by atoms with Crippen LogP contribution in [0.25, 0.3) is 0 Å². The summed E-state index contributed by atoms with van der Waals surface area (Å²) in [6.07, 6.45) is 0. The van der Waals surface area contributed by atoms with Gasteiger partial charge in [-0.1, -0.05) is 35.5 Å². The van der Waals surface area contributed by atoms with Crippen molar-refractivity contribution in [2.75, 3.05) is 40.3 Å². The summed E-state index contributed by atoms with van der Waals surface area (Å²) in [5.41, 5.74) is 2.19. The molecule has 2 heterocycles. The number of benzene rings is 2. The van der Waals surface area contributed by atoms with E-state index >= 15 is 0 Å². The number of amidine groups is 1. The monoisotopic (exact) mass is 358 g/mol. The molecule has 5 heteroatoms. The molecule has 3 nitrogen and oxygen atoms in total. The van der Waals surface area contributed by atoms with Gasteiger partial charge < -0.3 is 9.38 Å². The Balaban J connectivity index is 1.81. The molecule has 0 radical (unpaired) electrons. The molecule has 1 saturated heterocycles. The van der Waals surface area contributed by atoms with Gasteiger partial charge in [0.15, 0.2) is 0 Å². The summed E-state index contributed by atoms with van der Waals surface area (Å²) in [5, 5.41) is 0.765. The molecule has 0 N–H and O–H groups in total. The highest BCUT2D eigenvalue weighted by Gasteiger charge is 2.29. The van der Waals surface area contributed by atoms with E-state index in [9.17, 15) is 0 Å². The number of piperazine rings is 1. The molecule has 0 atom stereocenters. The smallest absolute Gasteiger partial charge is 0.138 e. The third kappa shape index (κ3) is 3.06. The van der Waals surface area contributed by atoms with Crippen LogP contribution in [0.4, 0.5) is 5.69 Å².